The molecule has 40 heavy (non-hydrogen) atoms. The van der Waals surface area contributed by atoms with E-state index in [1.807, 2.05) is 20.8 Å². The maximum absolute atomic E-state index is 14.1. The minimum Gasteiger partial charge on any atom is -0.350 e. The van der Waals surface area contributed by atoms with Crippen molar-refractivity contribution in [2.45, 2.75) is 57.1 Å². The highest BCUT2D eigenvalue weighted by Crippen LogP contribution is 2.29. The van der Waals surface area contributed by atoms with Crippen LogP contribution in [0.3, 0.4) is 0 Å². The van der Waals surface area contributed by atoms with E-state index in [9.17, 15) is 18.0 Å². The molecular formula is C29H32BrCl2N3O4S. The van der Waals surface area contributed by atoms with Crippen LogP contribution in [0.1, 0.15) is 39.7 Å². The zero-order chi connectivity index (χ0) is 29.7. The van der Waals surface area contributed by atoms with Gasteiger partial charge in [0.15, 0.2) is 0 Å². The standard InChI is InChI=1S/C29H32BrCl2N3O4S/c1-5-26(28(37)33-29(2,3)4)34(18-23-24(31)15-10-16-25(23)32)27(36)19-35(21-12-9-11-20(30)17-21)40(38,39)22-13-7-6-8-14-22/h6-17,26H,5,18-19H2,1-4H3,(H,33,37)/t26-/m0/s1. The van der Waals surface area contributed by atoms with Crippen molar-refractivity contribution in [3.05, 3.63) is 92.9 Å². The third kappa shape index (κ3) is 8.00. The fourth-order valence-electron chi connectivity index (χ4n) is 4.11. The van der Waals surface area contributed by atoms with E-state index in [4.69, 9.17) is 23.2 Å². The fraction of sp³-hybridized carbons (Fsp3) is 0.310. The molecule has 11 heteroatoms. The summed E-state index contributed by atoms with van der Waals surface area (Å²) < 4.78 is 29.4. The van der Waals surface area contributed by atoms with Crippen LogP contribution in [0.2, 0.25) is 10.0 Å². The fourth-order valence-corrected chi connectivity index (χ4v) is 6.44. The van der Waals surface area contributed by atoms with Crippen LogP contribution in [0.5, 0.6) is 0 Å². The molecule has 0 bridgehead atoms. The Labute approximate surface area is 254 Å². The molecule has 0 unspecified atom stereocenters. The van der Waals surface area contributed by atoms with Crippen molar-refractivity contribution in [2.75, 3.05) is 10.8 Å². The summed E-state index contributed by atoms with van der Waals surface area (Å²) in [6.07, 6.45) is 0.276. The average Bonchev–Trinajstić information content (AvgIpc) is 2.88. The Bertz CT molecular complexity index is 1440. The number of nitrogens with one attached hydrogen (secondary N) is 1. The second-order valence-electron chi connectivity index (χ2n) is 10.2. The summed E-state index contributed by atoms with van der Waals surface area (Å²) in [6, 6.07) is 18.6. The first kappa shape index (κ1) is 31.9. The molecule has 3 rings (SSSR count). The summed E-state index contributed by atoms with van der Waals surface area (Å²) in [4.78, 5) is 28.9. The van der Waals surface area contributed by atoms with Gasteiger partial charge in [-0.05, 0) is 69.7 Å². The highest BCUT2D eigenvalue weighted by Gasteiger charge is 2.35. The summed E-state index contributed by atoms with van der Waals surface area (Å²) in [5.74, 6) is -0.960. The van der Waals surface area contributed by atoms with Crippen molar-refractivity contribution in [2.24, 2.45) is 0 Å². The average molecular weight is 669 g/mol. The molecule has 214 valence electrons. The smallest absolute Gasteiger partial charge is 0.264 e. The molecule has 0 heterocycles. The number of anilines is 1. The van der Waals surface area contributed by atoms with Gasteiger partial charge in [0.1, 0.15) is 12.6 Å². The van der Waals surface area contributed by atoms with Crippen molar-refractivity contribution in [1.82, 2.24) is 10.2 Å². The molecule has 0 saturated carbocycles. The second-order valence-corrected chi connectivity index (χ2v) is 13.8. The Balaban J connectivity index is 2.11. The highest BCUT2D eigenvalue weighted by molar-refractivity contribution is 9.10. The number of halogens is 3. The van der Waals surface area contributed by atoms with Crippen LogP contribution in [-0.2, 0) is 26.2 Å². The van der Waals surface area contributed by atoms with Crippen molar-refractivity contribution in [1.29, 1.82) is 0 Å². The number of hydrogen-bond donors (Lipinski definition) is 1. The van der Waals surface area contributed by atoms with Crippen LogP contribution >= 0.6 is 39.1 Å². The summed E-state index contributed by atoms with van der Waals surface area (Å²) in [7, 11) is -4.16. The maximum Gasteiger partial charge on any atom is 0.264 e. The molecule has 0 aliphatic heterocycles. The molecule has 3 aromatic rings. The monoisotopic (exact) mass is 667 g/mol. The Morgan fingerprint density at radius 2 is 1.55 bits per heavy atom. The summed E-state index contributed by atoms with van der Waals surface area (Å²) in [5, 5.41) is 3.59. The number of carbonyl (C=O) groups excluding carboxylic acids is 2. The van der Waals surface area contributed by atoms with Gasteiger partial charge in [-0.25, -0.2) is 8.42 Å². The van der Waals surface area contributed by atoms with E-state index < -0.39 is 34.1 Å². The Kier molecular flexibility index (Phi) is 10.7. The number of nitrogens with zero attached hydrogens (tertiary/aromatic N) is 2. The Morgan fingerprint density at radius 1 is 0.950 bits per heavy atom. The molecule has 1 N–H and O–H groups in total. The van der Waals surface area contributed by atoms with Gasteiger partial charge in [0, 0.05) is 32.2 Å². The lowest BCUT2D eigenvalue weighted by atomic mass is 10.1. The zero-order valence-electron chi connectivity index (χ0n) is 22.7. The number of carbonyl (C=O) groups is 2. The molecule has 1 atom stereocenters. The van der Waals surface area contributed by atoms with Gasteiger partial charge in [-0.1, -0.05) is 76.4 Å². The zero-order valence-corrected chi connectivity index (χ0v) is 26.6. The predicted molar refractivity (Wildman–Crippen MR) is 164 cm³/mol. The molecular weight excluding hydrogens is 637 g/mol. The molecule has 0 fully saturated rings. The third-order valence-corrected chi connectivity index (χ3v) is 8.97. The largest absolute Gasteiger partial charge is 0.350 e. The molecule has 3 aromatic carbocycles. The first-order chi connectivity index (χ1) is 18.7. The number of sulfonamides is 1. The van der Waals surface area contributed by atoms with Crippen molar-refractivity contribution in [3.63, 3.8) is 0 Å². The van der Waals surface area contributed by atoms with E-state index >= 15 is 0 Å². The molecule has 0 aromatic heterocycles. The van der Waals surface area contributed by atoms with Crippen molar-refractivity contribution in [3.8, 4) is 0 Å². The lowest BCUT2D eigenvalue weighted by Crippen LogP contribution is -2.55. The van der Waals surface area contributed by atoms with Crippen LogP contribution in [-0.4, -0.2) is 43.3 Å². The van der Waals surface area contributed by atoms with Crippen LogP contribution in [0.4, 0.5) is 5.69 Å². The van der Waals surface area contributed by atoms with E-state index in [-0.39, 0.29) is 29.5 Å². The van der Waals surface area contributed by atoms with Gasteiger partial charge in [0.05, 0.1) is 10.6 Å². The maximum atomic E-state index is 14.1. The minimum absolute atomic E-state index is 0.0287. The van der Waals surface area contributed by atoms with Gasteiger partial charge < -0.3 is 10.2 Å². The van der Waals surface area contributed by atoms with Gasteiger partial charge in [0.2, 0.25) is 11.8 Å². The Morgan fingerprint density at radius 3 is 2.10 bits per heavy atom. The van der Waals surface area contributed by atoms with Crippen LogP contribution in [0, 0.1) is 0 Å². The molecule has 0 spiro atoms. The van der Waals surface area contributed by atoms with Crippen molar-refractivity contribution < 1.29 is 18.0 Å². The molecule has 0 aliphatic rings. The van der Waals surface area contributed by atoms with Crippen molar-refractivity contribution >= 4 is 66.7 Å². The molecule has 0 aliphatic carbocycles. The van der Waals surface area contributed by atoms with Crippen LogP contribution in [0.15, 0.2) is 82.2 Å². The van der Waals surface area contributed by atoms with E-state index in [1.165, 1.54) is 17.0 Å². The highest BCUT2D eigenvalue weighted by atomic mass is 79.9. The number of hydrogen-bond acceptors (Lipinski definition) is 4. The van der Waals surface area contributed by atoms with E-state index in [2.05, 4.69) is 21.2 Å². The first-order valence-electron chi connectivity index (χ1n) is 12.6. The number of benzene rings is 3. The van der Waals surface area contributed by atoms with Gasteiger partial charge in [-0.2, -0.15) is 0 Å². The SMILES string of the molecule is CC[C@@H](C(=O)NC(C)(C)C)N(Cc1c(Cl)cccc1Cl)C(=O)CN(c1cccc(Br)c1)S(=O)(=O)c1ccccc1. The van der Waals surface area contributed by atoms with Gasteiger partial charge in [-0.3, -0.25) is 13.9 Å². The molecule has 2 amide bonds. The number of amides is 2. The van der Waals surface area contributed by atoms with Crippen LogP contribution < -0.4 is 9.62 Å². The first-order valence-corrected chi connectivity index (χ1v) is 15.6. The lowest BCUT2D eigenvalue weighted by Gasteiger charge is -2.35. The van der Waals surface area contributed by atoms with Gasteiger partial charge >= 0.3 is 0 Å². The lowest BCUT2D eigenvalue weighted by molar-refractivity contribution is -0.141. The normalized spacial score (nSPS) is 12.5. The molecule has 7 nitrogen and oxygen atoms in total. The predicted octanol–water partition coefficient (Wildman–Crippen LogP) is 6.67. The molecule has 0 radical (unpaired) electrons. The number of rotatable bonds is 10. The molecule has 0 saturated heterocycles. The van der Waals surface area contributed by atoms with Gasteiger partial charge in [-0.15, -0.1) is 0 Å². The third-order valence-electron chi connectivity index (χ3n) is 5.98. The summed E-state index contributed by atoms with van der Waals surface area (Å²) in [5.41, 5.74) is 0.191. The summed E-state index contributed by atoms with van der Waals surface area (Å²) >= 11 is 16.3. The van der Waals surface area contributed by atoms with E-state index in [0.717, 1.165) is 4.31 Å². The Hall–Kier alpha value is -2.59. The van der Waals surface area contributed by atoms with E-state index in [1.54, 1.807) is 67.6 Å². The second kappa shape index (κ2) is 13.4. The minimum atomic E-state index is -4.16. The summed E-state index contributed by atoms with van der Waals surface area (Å²) in [6.45, 7) is 6.66. The van der Waals surface area contributed by atoms with E-state index in [0.29, 0.717) is 20.1 Å². The van der Waals surface area contributed by atoms with Gasteiger partial charge in [0.25, 0.3) is 10.0 Å². The quantitative estimate of drug-likeness (QED) is 0.261. The van der Waals surface area contributed by atoms with Crippen LogP contribution in [0.25, 0.3) is 0 Å². The topological polar surface area (TPSA) is 86.8 Å².